The van der Waals surface area contributed by atoms with Crippen molar-refractivity contribution in [2.75, 3.05) is 13.1 Å². The van der Waals surface area contributed by atoms with Gasteiger partial charge in [0.25, 0.3) is 0 Å². The molecule has 106 valence electrons. The Balaban J connectivity index is 1.81. The third-order valence-corrected chi connectivity index (χ3v) is 3.74. The second-order valence-corrected chi connectivity index (χ2v) is 5.40. The Morgan fingerprint density at radius 1 is 1.37 bits per heavy atom. The number of hydrogen-bond acceptors (Lipinski definition) is 5. The maximum Gasteiger partial charge on any atom is 0.223 e. The van der Waals surface area contributed by atoms with Gasteiger partial charge in [0.1, 0.15) is 0 Å². The second-order valence-electron chi connectivity index (χ2n) is 5.40. The highest BCUT2D eigenvalue weighted by Gasteiger charge is 2.27. The number of hydrogen-bond donors (Lipinski definition) is 2. The van der Waals surface area contributed by atoms with Crippen LogP contribution in [0.3, 0.4) is 0 Å². The van der Waals surface area contributed by atoms with Crippen LogP contribution in [0.5, 0.6) is 0 Å². The lowest BCUT2D eigenvalue weighted by atomic mass is 9.95. The first-order valence-corrected chi connectivity index (χ1v) is 6.85. The van der Waals surface area contributed by atoms with Crippen LogP contribution in [0.15, 0.2) is 0 Å². The Labute approximate surface area is 113 Å². The summed E-state index contributed by atoms with van der Waals surface area (Å²) in [7, 11) is 0. The molecule has 0 aromatic carbocycles. The summed E-state index contributed by atoms with van der Waals surface area (Å²) in [5.74, 6) is 0.720. The molecule has 0 radical (unpaired) electrons. The Morgan fingerprint density at radius 3 is 2.58 bits per heavy atom. The number of aromatic nitrogens is 4. The summed E-state index contributed by atoms with van der Waals surface area (Å²) >= 11 is 0. The maximum atomic E-state index is 12.2. The molecule has 7 heteroatoms. The Kier molecular flexibility index (Phi) is 4.47. The zero-order valence-electron chi connectivity index (χ0n) is 11.8. The van der Waals surface area contributed by atoms with Gasteiger partial charge in [-0.1, -0.05) is 5.21 Å². The number of carbonyl (C=O) groups excluding carboxylic acids is 1. The van der Waals surface area contributed by atoms with Crippen LogP contribution in [0.4, 0.5) is 0 Å². The molecule has 0 spiro atoms. The number of carbonyl (C=O) groups is 1. The lowest BCUT2D eigenvalue weighted by Gasteiger charge is -2.34. The molecule has 2 rings (SSSR count). The molecule has 0 saturated carbocycles. The molecule has 1 saturated heterocycles. The van der Waals surface area contributed by atoms with E-state index >= 15 is 0 Å². The number of likely N-dealkylation sites (tertiary alicyclic amines) is 1. The van der Waals surface area contributed by atoms with Gasteiger partial charge in [-0.25, -0.2) is 0 Å². The fraction of sp³-hybridized carbons (Fsp3) is 0.833. The van der Waals surface area contributed by atoms with Gasteiger partial charge in [-0.3, -0.25) is 4.79 Å². The van der Waals surface area contributed by atoms with Crippen LogP contribution in [0, 0.1) is 5.92 Å². The van der Waals surface area contributed by atoms with Crippen molar-refractivity contribution >= 4 is 5.91 Å². The number of aromatic amines is 1. The lowest BCUT2D eigenvalue weighted by Crippen LogP contribution is -2.43. The van der Waals surface area contributed by atoms with E-state index in [0.29, 0.717) is 11.9 Å². The number of piperidine rings is 1. The number of tetrazole rings is 1. The molecule has 1 aromatic heterocycles. The fourth-order valence-electron chi connectivity index (χ4n) is 2.43. The van der Waals surface area contributed by atoms with Crippen molar-refractivity contribution in [2.45, 2.75) is 45.7 Å². The molecule has 1 atom stereocenters. The minimum atomic E-state index is -0.200. The molecule has 1 amide bonds. The molecule has 2 heterocycles. The van der Waals surface area contributed by atoms with Crippen molar-refractivity contribution < 1.29 is 4.79 Å². The van der Waals surface area contributed by atoms with Gasteiger partial charge in [0, 0.05) is 12.0 Å². The summed E-state index contributed by atoms with van der Waals surface area (Å²) in [6.45, 7) is 8.24. The first-order chi connectivity index (χ1) is 9.08. The van der Waals surface area contributed by atoms with Crippen LogP contribution in [0.2, 0.25) is 0 Å². The number of amides is 1. The molecule has 1 fully saturated rings. The SMILES string of the molecule is CC(C)N1CCC(C(=O)N[C@@H](C)c2nn[nH]n2)CC1. The molecule has 7 nitrogen and oxygen atoms in total. The van der Waals surface area contributed by atoms with Gasteiger partial charge in [0.2, 0.25) is 5.91 Å². The van der Waals surface area contributed by atoms with E-state index < -0.39 is 0 Å². The average molecular weight is 266 g/mol. The molecule has 0 unspecified atom stereocenters. The summed E-state index contributed by atoms with van der Waals surface area (Å²) in [5, 5.41) is 16.6. The molecule has 1 aliphatic heterocycles. The van der Waals surface area contributed by atoms with E-state index in [-0.39, 0.29) is 17.9 Å². The monoisotopic (exact) mass is 266 g/mol. The molecular weight excluding hydrogens is 244 g/mol. The standard InChI is InChI=1S/C12H22N6O/c1-8(2)18-6-4-10(5-7-18)12(19)13-9(3)11-14-16-17-15-11/h8-10H,4-7H2,1-3H3,(H,13,19)(H,14,15,16,17)/t9-/m0/s1. The summed E-state index contributed by atoms with van der Waals surface area (Å²) in [5.41, 5.74) is 0. The zero-order chi connectivity index (χ0) is 13.8. The minimum absolute atomic E-state index is 0.0979. The second kappa shape index (κ2) is 6.10. The van der Waals surface area contributed by atoms with E-state index in [0.717, 1.165) is 25.9 Å². The van der Waals surface area contributed by atoms with E-state index in [1.54, 1.807) is 0 Å². The molecule has 0 bridgehead atoms. The quantitative estimate of drug-likeness (QED) is 0.828. The smallest absolute Gasteiger partial charge is 0.223 e. The van der Waals surface area contributed by atoms with Crippen molar-refractivity contribution in [1.82, 2.24) is 30.8 Å². The fourth-order valence-corrected chi connectivity index (χ4v) is 2.43. The van der Waals surface area contributed by atoms with Gasteiger partial charge >= 0.3 is 0 Å². The third-order valence-electron chi connectivity index (χ3n) is 3.74. The van der Waals surface area contributed by atoms with Crippen molar-refractivity contribution in [3.63, 3.8) is 0 Å². The highest BCUT2D eigenvalue weighted by atomic mass is 16.2. The van der Waals surface area contributed by atoms with E-state index in [1.165, 1.54) is 0 Å². The summed E-state index contributed by atoms with van der Waals surface area (Å²) in [6.07, 6.45) is 1.84. The van der Waals surface area contributed by atoms with E-state index in [4.69, 9.17) is 0 Å². The normalized spacial score (nSPS) is 19.6. The molecule has 2 N–H and O–H groups in total. The van der Waals surface area contributed by atoms with Gasteiger partial charge < -0.3 is 10.2 Å². The lowest BCUT2D eigenvalue weighted by molar-refractivity contribution is -0.127. The van der Waals surface area contributed by atoms with Crippen molar-refractivity contribution in [3.05, 3.63) is 5.82 Å². The third kappa shape index (κ3) is 3.50. The van der Waals surface area contributed by atoms with Gasteiger partial charge in [-0.05, 0) is 46.7 Å². The number of H-pyrrole nitrogens is 1. The topological polar surface area (TPSA) is 86.8 Å². The Hall–Kier alpha value is -1.50. The van der Waals surface area contributed by atoms with E-state index in [2.05, 4.69) is 44.7 Å². The van der Waals surface area contributed by atoms with Gasteiger partial charge in [0.15, 0.2) is 5.82 Å². The van der Waals surface area contributed by atoms with Crippen LogP contribution < -0.4 is 5.32 Å². The molecule has 19 heavy (non-hydrogen) atoms. The van der Waals surface area contributed by atoms with Crippen LogP contribution in [0.1, 0.15) is 45.5 Å². The van der Waals surface area contributed by atoms with E-state index in [1.807, 2.05) is 6.92 Å². The zero-order valence-corrected chi connectivity index (χ0v) is 11.8. The highest BCUT2D eigenvalue weighted by Crippen LogP contribution is 2.20. The van der Waals surface area contributed by atoms with E-state index in [9.17, 15) is 4.79 Å². The molecular formula is C12H22N6O. The first-order valence-electron chi connectivity index (χ1n) is 6.85. The number of nitrogens with zero attached hydrogens (tertiary/aromatic N) is 4. The molecule has 0 aliphatic carbocycles. The molecule has 1 aromatic rings. The van der Waals surface area contributed by atoms with Gasteiger partial charge in [0.05, 0.1) is 6.04 Å². The van der Waals surface area contributed by atoms with Crippen LogP contribution in [0.25, 0.3) is 0 Å². The summed E-state index contributed by atoms with van der Waals surface area (Å²) < 4.78 is 0. The predicted octanol–water partition coefficient (Wildman–Crippen LogP) is 0.497. The molecule has 1 aliphatic rings. The van der Waals surface area contributed by atoms with Crippen LogP contribution in [-0.4, -0.2) is 50.6 Å². The van der Waals surface area contributed by atoms with Gasteiger partial charge in [-0.15, -0.1) is 10.2 Å². The largest absolute Gasteiger partial charge is 0.346 e. The van der Waals surface area contributed by atoms with Crippen molar-refractivity contribution in [1.29, 1.82) is 0 Å². The Morgan fingerprint density at radius 2 is 2.05 bits per heavy atom. The maximum absolute atomic E-state index is 12.2. The number of nitrogens with one attached hydrogen (secondary N) is 2. The van der Waals surface area contributed by atoms with Crippen LogP contribution in [-0.2, 0) is 4.79 Å². The minimum Gasteiger partial charge on any atom is -0.346 e. The highest BCUT2D eigenvalue weighted by molar-refractivity contribution is 5.79. The first kappa shape index (κ1) is 13.9. The van der Waals surface area contributed by atoms with Gasteiger partial charge in [-0.2, -0.15) is 5.21 Å². The predicted molar refractivity (Wildman–Crippen MR) is 70.2 cm³/mol. The Bertz CT molecular complexity index is 396. The van der Waals surface area contributed by atoms with Crippen molar-refractivity contribution in [3.8, 4) is 0 Å². The summed E-state index contributed by atoms with van der Waals surface area (Å²) in [6, 6.07) is 0.358. The van der Waals surface area contributed by atoms with Crippen LogP contribution >= 0.6 is 0 Å². The van der Waals surface area contributed by atoms with Crippen molar-refractivity contribution in [2.24, 2.45) is 5.92 Å². The summed E-state index contributed by atoms with van der Waals surface area (Å²) in [4.78, 5) is 14.6. The average Bonchev–Trinajstić information content (AvgIpc) is 2.92. The number of rotatable bonds is 4.